The van der Waals surface area contributed by atoms with Crippen LogP contribution in [-0.2, 0) is 41.5 Å². The number of aryl methyl sites for hydroxylation is 4. The maximum atomic E-state index is 3.95. The van der Waals surface area contributed by atoms with Crippen molar-refractivity contribution in [3.63, 3.8) is 0 Å². The summed E-state index contributed by atoms with van der Waals surface area (Å²) in [5.41, 5.74) is 18.9. The van der Waals surface area contributed by atoms with E-state index >= 15 is 0 Å². The van der Waals surface area contributed by atoms with Gasteiger partial charge < -0.3 is 0 Å². The maximum Gasteiger partial charge on any atom is -0.0126 e. The van der Waals surface area contributed by atoms with Gasteiger partial charge in [0.1, 0.15) is 0 Å². The van der Waals surface area contributed by atoms with Crippen LogP contribution in [0.4, 0.5) is 0 Å². The predicted octanol–water partition coefficient (Wildman–Crippen LogP) is 14.6. The number of hydrogen-bond donors (Lipinski definition) is 0. The summed E-state index contributed by atoms with van der Waals surface area (Å²) in [6.45, 7) is 27.3. The molecule has 0 N–H and O–H groups in total. The van der Waals surface area contributed by atoms with Crippen molar-refractivity contribution in [1.29, 1.82) is 0 Å². The van der Waals surface area contributed by atoms with Crippen molar-refractivity contribution in [3.8, 4) is 33.4 Å². The Morgan fingerprint density at radius 3 is 1.60 bits per heavy atom. The smallest absolute Gasteiger partial charge is 0.0126 e. The monoisotopic (exact) mass is 766 g/mol. The van der Waals surface area contributed by atoms with Crippen molar-refractivity contribution in [2.75, 3.05) is 0 Å². The van der Waals surface area contributed by atoms with Gasteiger partial charge in [0.2, 0.25) is 0 Å². The molecule has 0 aromatic heterocycles. The number of allylic oxidation sites excluding steroid dienone is 4. The van der Waals surface area contributed by atoms with Crippen molar-refractivity contribution in [2.45, 2.75) is 145 Å². The van der Waals surface area contributed by atoms with Crippen LogP contribution >= 0.6 is 0 Å². The summed E-state index contributed by atoms with van der Waals surface area (Å²) in [7, 11) is 0. The molecule has 0 amide bonds. The summed E-state index contributed by atoms with van der Waals surface area (Å²) in [6, 6.07) is 25.2. The number of rotatable bonds is 8. The van der Waals surface area contributed by atoms with Gasteiger partial charge in [-0.3, -0.25) is 6.08 Å². The second-order valence-electron chi connectivity index (χ2n) is 17.2. The topological polar surface area (TPSA) is 0 Å². The van der Waals surface area contributed by atoms with Crippen LogP contribution in [0.25, 0.3) is 33.4 Å². The van der Waals surface area contributed by atoms with Crippen molar-refractivity contribution >= 4 is 3.21 Å². The van der Waals surface area contributed by atoms with Crippen LogP contribution in [0.2, 0.25) is 0 Å². The average molecular weight is 768 g/mol. The van der Waals surface area contributed by atoms with E-state index in [-0.39, 0.29) is 10.8 Å². The fourth-order valence-corrected chi connectivity index (χ4v) is 8.24. The molecule has 0 saturated heterocycles. The van der Waals surface area contributed by atoms with Crippen LogP contribution in [0, 0.1) is 39.8 Å². The molecule has 0 heterocycles. The van der Waals surface area contributed by atoms with Crippen LogP contribution in [0.3, 0.4) is 0 Å². The minimum absolute atomic E-state index is 0.0210. The Hall–Kier alpha value is -2.89. The van der Waals surface area contributed by atoms with Crippen molar-refractivity contribution in [3.05, 3.63) is 129 Å². The van der Waals surface area contributed by atoms with E-state index < -0.39 is 0 Å². The van der Waals surface area contributed by atoms with E-state index in [4.69, 9.17) is 0 Å². The Balaban J connectivity index is 0.000000336. The van der Waals surface area contributed by atoms with E-state index in [2.05, 4.69) is 156 Å². The zero-order chi connectivity index (χ0) is 38.2. The van der Waals surface area contributed by atoms with Crippen LogP contribution in [0.5, 0.6) is 0 Å². The molecule has 0 radical (unpaired) electrons. The SMILES string of the molecule is CCCC[C](=[Zr+2])CCCC.Cc1cc(C)cc(-c2[c-]c3c(cc2C(C)(C)C)-c2cc(C(C)(C)C)c(-c4cc(C)cc(C)c4)cc2C3)c1.[C-]1=CC=CC1. The van der Waals surface area contributed by atoms with Crippen LogP contribution in [0.1, 0.15) is 145 Å². The fourth-order valence-electron chi connectivity index (χ4n) is 7.37. The molecular formula is C51H64Zr. The van der Waals surface area contributed by atoms with Gasteiger partial charge in [-0.05, 0) is 67.2 Å². The maximum absolute atomic E-state index is 3.95. The molecule has 2 aliphatic carbocycles. The molecular weight excluding hydrogens is 704 g/mol. The number of hydrogen-bond acceptors (Lipinski definition) is 0. The standard InChI is InChI=1S/C37H41.C9H18.C5H5.Zr/c1-22-11-23(2)14-26(13-22)32-18-28-17-29-19-33(27-15-24(3)12-25(4)16-27)35(37(8,9)10)21-31(29)30(28)20-34(32)36(5,6)7;1-3-5-7-9-8-6-4-2;1-2-4-5-3-1;/h11-16,18,20-21H,17H2,1-10H3;3-8H2,1-2H3;1-3H,4H2;/q-1;;-1;+2. The van der Waals surface area contributed by atoms with Gasteiger partial charge >= 0.3 is 79.8 Å². The van der Waals surface area contributed by atoms with Gasteiger partial charge in [0, 0.05) is 0 Å². The molecule has 52 heavy (non-hydrogen) atoms. The number of unbranched alkanes of at least 4 members (excludes halogenated alkanes) is 2. The Morgan fingerprint density at radius 1 is 0.635 bits per heavy atom. The predicted molar refractivity (Wildman–Crippen MR) is 226 cm³/mol. The first kappa shape index (κ1) is 41.9. The molecule has 0 atom stereocenters. The normalized spacial score (nSPS) is 12.9. The zero-order valence-corrected chi connectivity index (χ0v) is 37.0. The van der Waals surface area contributed by atoms with E-state index in [0.29, 0.717) is 0 Å². The van der Waals surface area contributed by atoms with Crippen LogP contribution in [0.15, 0.2) is 72.8 Å². The second-order valence-corrected chi connectivity index (χ2v) is 19.0. The largest absolute Gasteiger partial charge is 0.273 e. The number of benzene rings is 4. The molecule has 0 saturated carbocycles. The minimum Gasteiger partial charge on any atom is -0.273 e. The third-order valence-corrected chi connectivity index (χ3v) is 11.2. The van der Waals surface area contributed by atoms with Crippen LogP contribution in [-0.4, -0.2) is 3.21 Å². The van der Waals surface area contributed by atoms with Gasteiger partial charge in [-0.25, -0.2) is 12.2 Å². The number of fused-ring (bicyclic) bond motifs is 3. The molecule has 4 aromatic carbocycles. The van der Waals surface area contributed by atoms with Gasteiger partial charge in [0.05, 0.1) is 0 Å². The van der Waals surface area contributed by atoms with Crippen molar-refractivity contribution in [2.24, 2.45) is 0 Å². The van der Waals surface area contributed by atoms with E-state index in [0.717, 1.165) is 12.8 Å². The summed E-state index contributed by atoms with van der Waals surface area (Å²) in [5.74, 6) is 0. The average Bonchev–Trinajstić information content (AvgIpc) is 3.75. The minimum atomic E-state index is 0.0210. The Bertz CT molecular complexity index is 1740. The molecule has 6 rings (SSSR count). The summed E-state index contributed by atoms with van der Waals surface area (Å²) < 4.78 is 1.79. The Labute approximate surface area is 333 Å². The summed E-state index contributed by atoms with van der Waals surface area (Å²) in [6.07, 6.45) is 19.3. The summed E-state index contributed by atoms with van der Waals surface area (Å²) >= 11 is 1.67. The Morgan fingerprint density at radius 2 is 1.15 bits per heavy atom. The third-order valence-electron chi connectivity index (χ3n) is 9.97. The first-order valence-corrected chi connectivity index (χ1v) is 21.0. The van der Waals surface area contributed by atoms with Gasteiger partial charge in [0.25, 0.3) is 0 Å². The molecule has 4 aromatic rings. The van der Waals surface area contributed by atoms with Gasteiger partial charge in [-0.1, -0.05) is 129 Å². The molecule has 0 spiro atoms. The van der Waals surface area contributed by atoms with Crippen LogP contribution < -0.4 is 0 Å². The first-order chi connectivity index (χ1) is 24.5. The van der Waals surface area contributed by atoms with E-state index in [9.17, 15) is 0 Å². The summed E-state index contributed by atoms with van der Waals surface area (Å²) in [4.78, 5) is 0. The third kappa shape index (κ3) is 11.3. The molecule has 0 bridgehead atoms. The molecule has 0 fully saturated rings. The van der Waals surface area contributed by atoms with E-state index in [1.54, 1.807) is 27.4 Å². The molecule has 0 nitrogen and oxygen atoms in total. The van der Waals surface area contributed by atoms with Gasteiger partial charge in [-0.15, -0.1) is 35.2 Å². The quantitative estimate of drug-likeness (QED) is 0.138. The van der Waals surface area contributed by atoms with Gasteiger partial charge in [-0.2, -0.15) is 6.08 Å². The Kier molecular flexibility index (Phi) is 14.8. The van der Waals surface area contributed by atoms with Crippen molar-refractivity contribution in [1.82, 2.24) is 0 Å². The molecule has 0 unspecified atom stereocenters. The summed E-state index contributed by atoms with van der Waals surface area (Å²) in [5, 5.41) is 0. The van der Waals surface area contributed by atoms with E-state index in [1.807, 2.05) is 12.2 Å². The first-order valence-electron chi connectivity index (χ1n) is 19.7. The molecule has 1 heteroatoms. The molecule has 272 valence electrons. The van der Waals surface area contributed by atoms with Crippen molar-refractivity contribution < 1.29 is 24.2 Å². The van der Waals surface area contributed by atoms with E-state index in [1.165, 1.54) is 116 Å². The molecule has 2 aliphatic rings. The molecule has 0 aliphatic heterocycles. The van der Waals surface area contributed by atoms with Gasteiger partial charge in [0.15, 0.2) is 0 Å². The second kappa shape index (κ2) is 18.4. The fraction of sp³-hybridized carbons (Fsp3) is 0.431. The zero-order valence-electron chi connectivity index (χ0n) is 34.6.